The van der Waals surface area contributed by atoms with Gasteiger partial charge in [0, 0.05) is 23.4 Å². The molecule has 0 fully saturated rings. The lowest BCUT2D eigenvalue weighted by molar-refractivity contribution is 0.0939. The number of hydrogen-bond acceptors (Lipinski definition) is 2. The van der Waals surface area contributed by atoms with E-state index in [0.717, 1.165) is 16.7 Å². The summed E-state index contributed by atoms with van der Waals surface area (Å²) in [4.78, 5) is 12.1. The Kier molecular flexibility index (Phi) is 4.80. The van der Waals surface area contributed by atoms with Crippen LogP contribution in [0.25, 0.3) is 0 Å². The van der Waals surface area contributed by atoms with E-state index >= 15 is 0 Å². The first-order valence-corrected chi connectivity index (χ1v) is 7.29. The standard InChI is InChI=1S/C15H16BrNO2/c1-11(8-14-6-3-7-19-14)17-15(18)13-5-2-4-12(9-13)10-16/h2-7,9,11H,8,10H2,1H3,(H,17,18). The zero-order valence-electron chi connectivity index (χ0n) is 10.7. The summed E-state index contributed by atoms with van der Waals surface area (Å²) in [5, 5.41) is 3.72. The molecular formula is C15H16BrNO2. The van der Waals surface area contributed by atoms with Gasteiger partial charge in [-0.15, -0.1) is 0 Å². The lowest BCUT2D eigenvalue weighted by Crippen LogP contribution is -2.34. The summed E-state index contributed by atoms with van der Waals surface area (Å²) in [6, 6.07) is 11.4. The highest BCUT2D eigenvalue weighted by atomic mass is 79.9. The number of carbonyl (C=O) groups excluding carboxylic acids is 1. The molecule has 1 aromatic heterocycles. The lowest BCUT2D eigenvalue weighted by Gasteiger charge is -2.13. The lowest BCUT2D eigenvalue weighted by atomic mass is 10.1. The van der Waals surface area contributed by atoms with Crippen molar-refractivity contribution in [1.82, 2.24) is 5.32 Å². The van der Waals surface area contributed by atoms with Crippen LogP contribution >= 0.6 is 15.9 Å². The summed E-state index contributed by atoms with van der Waals surface area (Å²) in [5.41, 5.74) is 1.77. The number of benzene rings is 1. The number of carbonyl (C=O) groups is 1. The SMILES string of the molecule is CC(Cc1ccco1)NC(=O)c1cccc(CBr)c1. The van der Waals surface area contributed by atoms with E-state index in [1.54, 1.807) is 6.26 Å². The van der Waals surface area contributed by atoms with Crippen LogP contribution in [0.4, 0.5) is 0 Å². The molecule has 4 heteroatoms. The smallest absolute Gasteiger partial charge is 0.251 e. The van der Waals surface area contributed by atoms with Gasteiger partial charge in [0.2, 0.25) is 0 Å². The van der Waals surface area contributed by atoms with Gasteiger partial charge in [0.25, 0.3) is 5.91 Å². The maximum Gasteiger partial charge on any atom is 0.251 e. The minimum Gasteiger partial charge on any atom is -0.469 e. The molecule has 1 atom stereocenters. The second-order valence-corrected chi connectivity index (χ2v) is 5.05. The predicted octanol–water partition coefficient (Wildman–Crippen LogP) is 3.54. The van der Waals surface area contributed by atoms with Crippen molar-refractivity contribution in [2.75, 3.05) is 0 Å². The van der Waals surface area contributed by atoms with Crippen molar-refractivity contribution in [3.63, 3.8) is 0 Å². The summed E-state index contributed by atoms with van der Waals surface area (Å²) in [7, 11) is 0. The van der Waals surface area contributed by atoms with Crippen LogP contribution in [0.1, 0.15) is 28.6 Å². The van der Waals surface area contributed by atoms with Crippen molar-refractivity contribution < 1.29 is 9.21 Å². The van der Waals surface area contributed by atoms with E-state index in [0.29, 0.717) is 12.0 Å². The maximum atomic E-state index is 12.1. The van der Waals surface area contributed by atoms with E-state index in [1.165, 1.54) is 0 Å². The highest BCUT2D eigenvalue weighted by molar-refractivity contribution is 9.08. The fourth-order valence-corrected chi connectivity index (χ4v) is 2.23. The average Bonchev–Trinajstić information content (AvgIpc) is 2.91. The van der Waals surface area contributed by atoms with E-state index in [9.17, 15) is 4.79 Å². The Bertz CT molecular complexity index is 537. The molecule has 0 saturated carbocycles. The number of rotatable bonds is 5. The summed E-state index contributed by atoms with van der Waals surface area (Å²) < 4.78 is 5.27. The first-order valence-electron chi connectivity index (χ1n) is 6.17. The van der Waals surface area contributed by atoms with Crippen molar-refractivity contribution in [3.8, 4) is 0 Å². The number of alkyl halides is 1. The van der Waals surface area contributed by atoms with Crippen LogP contribution < -0.4 is 5.32 Å². The van der Waals surface area contributed by atoms with E-state index < -0.39 is 0 Å². The molecule has 2 rings (SSSR count). The topological polar surface area (TPSA) is 42.2 Å². The van der Waals surface area contributed by atoms with E-state index in [-0.39, 0.29) is 11.9 Å². The molecule has 0 aliphatic rings. The highest BCUT2D eigenvalue weighted by Crippen LogP contribution is 2.10. The predicted molar refractivity (Wildman–Crippen MR) is 78.4 cm³/mol. The van der Waals surface area contributed by atoms with Crippen LogP contribution in [0.3, 0.4) is 0 Å². The van der Waals surface area contributed by atoms with Crippen molar-refractivity contribution in [3.05, 3.63) is 59.5 Å². The summed E-state index contributed by atoms with van der Waals surface area (Å²) in [6.45, 7) is 1.97. The first kappa shape index (κ1) is 13.9. The van der Waals surface area contributed by atoms with Gasteiger partial charge in [-0.3, -0.25) is 4.79 Å². The van der Waals surface area contributed by atoms with Gasteiger partial charge >= 0.3 is 0 Å². The molecular weight excluding hydrogens is 306 g/mol. The minimum absolute atomic E-state index is 0.0336. The van der Waals surface area contributed by atoms with E-state index in [2.05, 4.69) is 21.2 Å². The van der Waals surface area contributed by atoms with Gasteiger partial charge in [-0.1, -0.05) is 28.1 Å². The molecule has 1 unspecified atom stereocenters. The molecule has 1 amide bonds. The Morgan fingerprint density at radius 3 is 2.89 bits per heavy atom. The van der Waals surface area contributed by atoms with Gasteiger partial charge in [0.15, 0.2) is 0 Å². The Balaban J connectivity index is 1.96. The number of nitrogens with one attached hydrogen (secondary N) is 1. The van der Waals surface area contributed by atoms with Crippen LogP contribution in [-0.2, 0) is 11.8 Å². The molecule has 0 spiro atoms. The third-order valence-corrected chi connectivity index (χ3v) is 3.46. The van der Waals surface area contributed by atoms with Crippen molar-refractivity contribution in [2.24, 2.45) is 0 Å². The summed E-state index contributed by atoms with van der Waals surface area (Å²) in [5.74, 6) is 0.823. The molecule has 0 saturated heterocycles. The summed E-state index contributed by atoms with van der Waals surface area (Å²) >= 11 is 3.39. The second kappa shape index (κ2) is 6.57. The van der Waals surface area contributed by atoms with Crippen molar-refractivity contribution in [1.29, 1.82) is 0 Å². The van der Waals surface area contributed by atoms with Gasteiger partial charge in [-0.2, -0.15) is 0 Å². The van der Waals surface area contributed by atoms with Crippen molar-refractivity contribution in [2.45, 2.75) is 24.7 Å². The third kappa shape index (κ3) is 3.96. The molecule has 1 heterocycles. The number of halogens is 1. The maximum absolute atomic E-state index is 12.1. The van der Waals surface area contributed by atoms with Crippen LogP contribution in [0.15, 0.2) is 47.1 Å². The quantitative estimate of drug-likeness (QED) is 0.856. The van der Waals surface area contributed by atoms with Crippen LogP contribution in [-0.4, -0.2) is 11.9 Å². The zero-order chi connectivity index (χ0) is 13.7. The normalized spacial score (nSPS) is 12.1. The van der Waals surface area contributed by atoms with Gasteiger partial charge in [0.05, 0.1) is 6.26 Å². The fraction of sp³-hybridized carbons (Fsp3) is 0.267. The van der Waals surface area contributed by atoms with Crippen molar-refractivity contribution >= 4 is 21.8 Å². The second-order valence-electron chi connectivity index (χ2n) is 4.49. The van der Waals surface area contributed by atoms with Crippen LogP contribution in [0.2, 0.25) is 0 Å². The van der Waals surface area contributed by atoms with E-state index in [4.69, 9.17) is 4.42 Å². The summed E-state index contributed by atoms with van der Waals surface area (Å²) in [6.07, 6.45) is 2.33. The van der Waals surface area contributed by atoms with Gasteiger partial charge in [-0.05, 0) is 36.8 Å². The van der Waals surface area contributed by atoms with E-state index in [1.807, 2.05) is 43.3 Å². The molecule has 2 aromatic rings. The highest BCUT2D eigenvalue weighted by Gasteiger charge is 2.11. The Hall–Kier alpha value is -1.55. The molecule has 1 N–H and O–H groups in total. The molecule has 0 aliphatic carbocycles. The number of furan rings is 1. The van der Waals surface area contributed by atoms with Crippen LogP contribution in [0.5, 0.6) is 0 Å². The monoisotopic (exact) mass is 321 g/mol. The zero-order valence-corrected chi connectivity index (χ0v) is 12.3. The van der Waals surface area contributed by atoms with Crippen LogP contribution in [0, 0.1) is 0 Å². The minimum atomic E-state index is -0.0538. The third-order valence-electron chi connectivity index (χ3n) is 2.81. The van der Waals surface area contributed by atoms with Gasteiger partial charge in [0.1, 0.15) is 5.76 Å². The molecule has 100 valence electrons. The molecule has 0 bridgehead atoms. The molecule has 0 radical (unpaired) electrons. The Labute approximate surface area is 121 Å². The molecule has 19 heavy (non-hydrogen) atoms. The molecule has 3 nitrogen and oxygen atoms in total. The molecule has 0 aliphatic heterocycles. The van der Waals surface area contributed by atoms with Gasteiger partial charge < -0.3 is 9.73 Å². The Morgan fingerprint density at radius 1 is 1.37 bits per heavy atom. The number of hydrogen-bond donors (Lipinski definition) is 1. The number of amides is 1. The Morgan fingerprint density at radius 2 is 2.21 bits per heavy atom. The van der Waals surface area contributed by atoms with Gasteiger partial charge in [-0.25, -0.2) is 0 Å². The molecule has 1 aromatic carbocycles. The average molecular weight is 322 g/mol. The largest absolute Gasteiger partial charge is 0.469 e. The fourth-order valence-electron chi connectivity index (χ4n) is 1.88. The first-order chi connectivity index (χ1) is 9.19.